The molecule has 0 radical (unpaired) electrons. The van der Waals surface area contributed by atoms with E-state index >= 15 is 0 Å². The molecule has 136 valence electrons. The van der Waals surface area contributed by atoms with Gasteiger partial charge in [-0.3, -0.25) is 0 Å². The minimum Gasteiger partial charge on any atom is -0.508 e. The number of fused-ring (bicyclic) bond motifs is 1. The molecule has 0 aliphatic heterocycles. The third kappa shape index (κ3) is 3.17. The summed E-state index contributed by atoms with van der Waals surface area (Å²) < 4.78 is 15.0. The number of rotatable bonds is 6. The number of aromatic hydroxyl groups is 1. The van der Waals surface area contributed by atoms with E-state index in [-0.39, 0.29) is 23.0 Å². The molecule has 7 nitrogen and oxygen atoms in total. The van der Waals surface area contributed by atoms with E-state index < -0.39 is 11.8 Å². The Kier molecular flexibility index (Phi) is 4.75. The van der Waals surface area contributed by atoms with E-state index in [1.165, 1.54) is 22.7 Å². The summed E-state index contributed by atoms with van der Waals surface area (Å²) in [6.45, 7) is 3.71. The van der Waals surface area contributed by atoms with Crippen LogP contribution in [0.4, 0.5) is 10.2 Å². The molecule has 8 heteroatoms. The number of nitrogens with zero attached hydrogens (tertiary/aromatic N) is 3. The molecular weight excluding hydrogens is 339 g/mol. The minimum absolute atomic E-state index is 0.0179. The van der Waals surface area contributed by atoms with Crippen molar-refractivity contribution in [1.29, 1.82) is 0 Å². The van der Waals surface area contributed by atoms with Gasteiger partial charge in [0.2, 0.25) is 0 Å². The van der Waals surface area contributed by atoms with Crippen molar-refractivity contribution in [3.63, 3.8) is 0 Å². The van der Waals surface area contributed by atoms with Crippen LogP contribution < -0.4 is 5.32 Å². The molecule has 0 aliphatic carbocycles. The molecule has 26 heavy (non-hydrogen) atoms. The van der Waals surface area contributed by atoms with Gasteiger partial charge >= 0.3 is 5.97 Å². The Balaban J connectivity index is 2.01. The highest BCUT2D eigenvalue weighted by atomic mass is 19.1. The largest absolute Gasteiger partial charge is 0.508 e. The summed E-state index contributed by atoms with van der Waals surface area (Å²) in [5, 5.41) is 26.8. The third-order valence-corrected chi connectivity index (χ3v) is 4.20. The highest BCUT2D eigenvalue weighted by molar-refractivity contribution is 5.96. The van der Waals surface area contributed by atoms with Crippen LogP contribution in [-0.2, 0) is 6.42 Å². The van der Waals surface area contributed by atoms with Crippen molar-refractivity contribution in [2.45, 2.75) is 32.7 Å². The van der Waals surface area contributed by atoms with Gasteiger partial charge in [-0.05, 0) is 37.1 Å². The second-order valence-corrected chi connectivity index (χ2v) is 5.87. The third-order valence-electron chi connectivity index (χ3n) is 4.20. The van der Waals surface area contributed by atoms with Crippen LogP contribution in [0.5, 0.6) is 5.75 Å². The van der Waals surface area contributed by atoms with Crippen LogP contribution in [0.3, 0.4) is 0 Å². The van der Waals surface area contributed by atoms with E-state index in [0.717, 1.165) is 0 Å². The van der Waals surface area contributed by atoms with Crippen LogP contribution in [0, 0.1) is 5.82 Å². The molecule has 3 rings (SSSR count). The van der Waals surface area contributed by atoms with Crippen molar-refractivity contribution in [1.82, 2.24) is 14.6 Å². The van der Waals surface area contributed by atoms with Crippen LogP contribution in [0.15, 0.2) is 30.5 Å². The first-order valence-corrected chi connectivity index (χ1v) is 8.31. The highest BCUT2D eigenvalue weighted by Gasteiger charge is 2.20. The lowest BCUT2D eigenvalue weighted by atomic mass is 10.0. The first kappa shape index (κ1) is 17.7. The number of carbonyl (C=O) groups is 1. The van der Waals surface area contributed by atoms with Gasteiger partial charge in [0.15, 0.2) is 5.65 Å². The van der Waals surface area contributed by atoms with E-state index in [2.05, 4.69) is 15.4 Å². The van der Waals surface area contributed by atoms with Gasteiger partial charge < -0.3 is 15.5 Å². The van der Waals surface area contributed by atoms with Gasteiger partial charge in [0, 0.05) is 11.8 Å². The number of anilines is 1. The van der Waals surface area contributed by atoms with E-state index in [9.17, 15) is 19.4 Å². The van der Waals surface area contributed by atoms with Gasteiger partial charge in [-0.15, -0.1) is 0 Å². The maximum Gasteiger partial charge on any atom is 0.341 e. The summed E-state index contributed by atoms with van der Waals surface area (Å²) in [7, 11) is 0. The van der Waals surface area contributed by atoms with E-state index in [1.807, 2.05) is 13.8 Å². The summed E-state index contributed by atoms with van der Waals surface area (Å²) in [6, 6.07) is 5.03. The summed E-state index contributed by atoms with van der Waals surface area (Å²) in [5.41, 5.74) is 1.17. The molecule has 3 N–H and O–H groups in total. The number of aryl methyl sites for hydroxylation is 1. The molecule has 0 amide bonds. The number of carboxylic acids is 1. The Labute approximate surface area is 149 Å². The van der Waals surface area contributed by atoms with E-state index in [0.29, 0.717) is 29.9 Å². The van der Waals surface area contributed by atoms with Crippen LogP contribution in [-0.4, -0.2) is 30.8 Å². The van der Waals surface area contributed by atoms with Crippen LogP contribution in [0.2, 0.25) is 0 Å². The SMILES string of the molecule is CCc1nn2ccc(NC(CC)c3cc(F)ccc3O)nc2c1C(=O)O. The van der Waals surface area contributed by atoms with Gasteiger partial charge in [0.05, 0.1) is 11.7 Å². The number of hydrogen-bond acceptors (Lipinski definition) is 5. The Bertz CT molecular complexity index is 970. The molecule has 0 bridgehead atoms. The summed E-state index contributed by atoms with van der Waals surface area (Å²) in [4.78, 5) is 15.9. The van der Waals surface area contributed by atoms with Crippen LogP contribution in [0.1, 0.15) is 47.9 Å². The Hall–Kier alpha value is -3.16. The number of phenols is 1. The molecule has 0 saturated heterocycles. The van der Waals surface area contributed by atoms with Crippen molar-refractivity contribution >= 4 is 17.4 Å². The molecular formula is C18H19FN4O3. The molecule has 0 fully saturated rings. The number of benzene rings is 1. The zero-order valence-corrected chi connectivity index (χ0v) is 14.4. The average molecular weight is 358 g/mol. The Morgan fingerprint density at radius 1 is 1.35 bits per heavy atom. The zero-order valence-electron chi connectivity index (χ0n) is 14.4. The van der Waals surface area contributed by atoms with Crippen molar-refractivity contribution < 1.29 is 19.4 Å². The molecule has 3 aromatic rings. The summed E-state index contributed by atoms with van der Waals surface area (Å²) in [6.07, 6.45) is 2.66. The lowest BCUT2D eigenvalue weighted by Crippen LogP contribution is -2.12. The van der Waals surface area contributed by atoms with Crippen LogP contribution in [0.25, 0.3) is 5.65 Å². The minimum atomic E-state index is -1.09. The van der Waals surface area contributed by atoms with Crippen molar-refractivity contribution in [3.8, 4) is 5.75 Å². The molecule has 1 aromatic carbocycles. The number of phenolic OH excluding ortho intramolecular Hbond substituents is 1. The average Bonchev–Trinajstić information content (AvgIpc) is 3.00. The van der Waals surface area contributed by atoms with Crippen LogP contribution >= 0.6 is 0 Å². The quantitative estimate of drug-likeness (QED) is 0.624. The first-order chi connectivity index (χ1) is 12.4. The van der Waals surface area contributed by atoms with Gasteiger partial charge in [0.25, 0.3) is 0 Å². The normalized spacial score (nSPS) is 12.3. The predicted octanol–water partition coefficient (Wildman–Crippen LogP) is 3.40. The molecule has 2 heterocycles. The second kappa shape index (κ2) is 6.99. The molecule has 0 saturated carbocycles. The number of carboxylic acid groups (broad SMARTS) is 1. The van der Waals surface area contributed by atoms with Crippen molar-refractivity contribution in [2.75, 3.05) is 5.32 Å². The molecule has 0 spiro atoms. The Morgan fingerprint density at radius 3 is 2.77 bits per heavy atom. The Morgan fingerprint density at radius 2 is 2.12 bits per heavy atom. The lowest BCUT2D eigenvalue weighted by molar-refractivity contribution is 0.0697. The number of halogens is 1. The standard InChI is InChI=1S/C18H19FN4O3/c1-3-12(11-9-10(19)5-6-14(11)24)20-15-7-8-23-17(21-15)16(18(25)26)13(4-2)22-23/h5-9,12,24H,3-4H2,1-2H3,(H,20,21)(H,25,26). The van der Waals surface area contributed by atoms with Gasteiger partial charge in [-0.25, -0.2) is 18.7 Å². The van der Waals surface area contributed by atoms with Gasteiger partial charge in [-0.2, -0.15) is 5.10 Å². The van der Waals surface area contributed by atoms with Crippen molar-refractivity contribution in [3.05, 3.63) is 53.1 Å². The highest BCUT2D eigenvalue weighted by Crippen LogP contribution is 2.30. The number of aromatic nitrogens is 3. The van der Waals surface area contributed by atoms with Gasteiger partial charge in [0.1, 0.15) is 22.9 Å². The zero-order chi connectivity index (χ0) is 18.8. The van der Waals surface area contributed by atoms with Gasteiger partial charge in [-0.1, -0.05) is 13.8 Å². The molecule has 1 unspecified atom stereocenters. The number of aromatic carboxylic acids is 1. The maximum absolute atomic E-state index is 13.5. The summed E-state index contributed by atoms with van der Waals surface area (Å²) in [5.74, 6) is -1.14. The monoisotopic (exact) mass is 358 g/mol. The molecule has 2 aromatic heterocycles. The van der Waals surface area contributed by atoms with Crippen molar-refractivity contribution in [2.24, 2.45) is 0 Å². The molecule has 1 atom stereocenters. The molecule has 0 aliphatic rings. The number of nitrogens with one attached hydrogen (secondary N) is 1. The fraction of sp³-hybridized carbons (Fsp3) is 0.278. The topological polar surface area (TPSA) is 99.8 Å². The fourth-order valence-electron chi connectivity index (χ4n) is 2.90. The number of hydrogen-bond donors (Lipinski definition) is 3. The lowest BCUT2D eigenvalue weighted by Gasteiger charge is -2.19. The fourth-order valence-corrected chi connectivity index (χ4v) is 2.90. The van der Waals surface area contributed by atoms with E-state index in [1.54, 1.807) is 12.3 Å². The van der Waals surface area contributed by atoms with E-state index in [4.69, 9.17) is 0 Å². The predicted molar refractivity (Wildman–Crippen MR) is 94.0 cm³/mol. The maximum atomic E-state index is 13.5. The smallest absolute Gasteiger partial charge is 0.341 e. The second-order valence-electron chi connectivity index (χ2n) is 5.87. The summed E-state index contributed by atoms with van der Waals surface area (Å²) >= 11 is 0. The first-order valence-electron chi connectivity index (χ1n) is 8.31.